The summed E-state index contributed by atoms with van der Waals surface area (Å²) in [5.41, 5.74) is 5.38. The highest BCUT2D eigenvalue weighted by molar-refractivity contribution is 7.91. The van der Waals surface area contributed by atoms with E-state index in [1.165, 1.54) is 25.1 Å². The van der Waals surface area contributed by atoms with Crippen molar-refractivity contribution in [2.45, 2.75) is 11.8 Å². The predicted molar refractivity (Wildman–Crippen MR) is 61.2 cm³/mol. The third-order valence-corrected chi connectivity index (χ3v) is 3.69. The number of aromatic hydroxyl groups is 1. The Hall–Kier alpha value is -1.76. The van der Waals surface area contributed by atoms with E-state index in [-0.39, 0.29) is 28.7 Å². The first kappa shape index (κ1) is 13.3. The number of phenolic OH excluding ortho intramolecular Hbond substituents is 1. The van der Waals surface area contributed by atoms with E-state index < -0.39 is 15.8 Å². The lowest BCUT2D eigenvalue weighted by atomic mass is 10.3. The van der Waals surface area contributed by atoms with Gasteiger partial charge in [-0.15, -0.1) is 0 Å². The molecule has 17 heavy (non-hydrogen) atoms. The lowest BCUT2D eigenvalue weighted by Gasteiger charge is -2.06. The highest BCUT2D eigenvalue weighted by Crippen LogP contribution is 2.23. The number of nitrogens with two attached hydrogens (primary N) is 1. The van der Waals surface area contributed by atoms with E-state index in [1.54, 1.807) is 0 Å². The number of esters is 1. The first-order valence-electron chi connectivity index (χ1n) is 4.77. The lowest BCUT2D eigenvalue weighted by molar-refractivity contribution is -0.140. The van der Waals surface area contributed by atoms with E-state index in [4.69, 9.17) is 10.8 Å². The van der Waals surface area contributed by atoms with Gasteiger partial charge in [0.15, 0.2) is 9.84 Å². The molecule has 0 aliphatic heterocycles. The summed E-state index contributed by atoms with van der Waals surface area (Å²) >= 11 is 0. The van der Waals surface area contributed by atoms with Gasteiger partial charge in [0, 0.05) is 6.92 Å². The van der Waals surface area contributed by atoms with Gasteiger partial charge in [-0.25, -0.2) is 8.42 Å². The fraction of sp³-hybridized carbons (Fsp3) is 0.300. The minimum absolute atomic E-state index is 0.0139. The van der Waals surface area contributed by atoms with Crippen molar-refractivity contribution in [2.24, 2.45) is 0 Å². The summed E-state index contributed by atoms with van der Waals surface area (Å²) in [6, 6.07) is 3.61. The number of anilines is 1. The fourth-order valence-electron chi connectivity index (χ4n) is 1.14. The van der Waals surface area contributed by atoms with Crippen LogP contribution in [0.25, 0.3) is 0 Å². The van der Waals surface area contributed by atoms with Gasteiger partial charge >= 0.3 is 5.97 Å². The van der Waals surface area contributed by atoms with Gasteiger partial charge in [0.1, 0.15) is 12.4 Å². The Morgan fingerprint density at radius 1 is 1.47 bits per heavy atom. The van der Waals surface area contributed by atoms with E-state index in [0.29, 0.717) is 0 Å². The van der Waals surface area contributed by atoms with Crippen molar-refractivity contribution in [3.63, 3.8) is 0 Å². The number of sulfone groups is 1. The average molecular weight is 259 g/mol. The maximum atomic E-state index is 11.7. The summed E-state index contributed by atoms with van der Waals surface area (Å²) in [6.45, 7) is 0.990. The van der Waals surface area contributed by atoms with Gasteiger partial charge in [-0.05, 0) is 18.2 Å². The van der Waals surface area contributed by atoms with Crippen LogP contribution in [0.1, 0.15) is 6.92 Å². The third-order valence-electron chi connectivity index (χ3n) is 2.02. The molecule has 0 atom stereocenters. The zero-order valence-electron chi connectivity index (χ0n) is 9.21. The van der Waals surface area contributed by atoms with Gasteiger partial charge in [-0.3, -0.25) is 4.79 Å². The molecule has 0 bridgehead atoms. The Kier molecular flexibility index (Phi) is 3.95. The molecular weight excluding hydrogens is 246 g/mol. The number of benzene rings is 1. The molecular formula is C10H13NO5S. The van der Waals surface area contributed by atoms with Gasteiger partial charge in [0.25, 0.3) is 0 Å². The van der Waals surface area contributed by atoms with Crippen molar-refractivity contribution in [1.29, 1.82) is 0 Å². The zero-order chi connectivity index (χ0) is 13.1. The molecule has 0 fully saturated rings. The van der Waals surface area contributed by atoms with E-state index in [2.05, 4.69) is 4.74 Å². The van der Waals surface area contributed by atoms with E-state index in [1.807, 2.05) is 0 Å². The van der Waals surface area contributed by atoms with E-state index in [0.717, 1.165) is 0 Å². The van der Waals surface area contributed by atoms with Crippen LogP contribution in [0.15, 0.2) is 23.1 Å². The highest BCUT2D eigenvalue weighted by atomic mass is 32.2. The SMILES string of the molecule is CC(=O)OCCS(=O)(=O)c1ccc(O)c(N)c1. The molecule has 7 heteroatoms. The highest BCUT2D eigenvalue weighted by Gasteiger charge is 2.16. The second-order valence-electron chi connectivity index (χ2n) is 3.38. The second kappa shape index (κ2) is 5.05. The quantitative estimate of drug-likeness (QED) is 0.458. The summed E-state index contributed by atoms with van der Waals surface area (Å²) < 4.78 is 28.1. The molecule has 0 aromatic heterocycles. The zero-order valence-corrected chi connectivity index (χ0v) is 10.0. The average Bonchev–Trinajstić information content (AvgIpc) is 2.21. The Labute approximate surface area is 98.9 Å². The number of nitrogen functional groups attached to an aromatic ring is 1. The Balaban J connectivity index is 2.82. The van der Waals surface area contributed by atoms with Crippen LogP contribution >= 0.6 is 0 Å². The summed E-state index contributed by atoms with van der Waals surface area (Å²) in [6.07, 6.45) is 0. The van der Waals surface area contributed by atoms with Crippen molar-refractivity contribution in [2.75, 3.05) is 18.1 Å². The molecule has 1 aromatic rings. The fourth-order valence-corrected chi connectivity index (χ4v) is 2.26. The van der Waals surface area contributed by atoms with Gasteiger partial charge in [0.2, 0.25) is 0 Å². The molecule has 0 aliphatic rings. The number of hydrogen-bond donors (Lipinski definition) is 2. The number of phenols is 1. The maximum absolute atomic E-state index is 11.7. The Morgan fingerprint density at radius 2 is 2.12 bits per heavy atom. The molecule has 94 valence electrons. The predicted octanol–water partition coefficient (Wildman–Crippen LogP) is 0.311. The van der Waals surface area contributed by atoms with Gasteiger partial charge in [-0.2, -0.15) is 0 Å². The van der Waals surface area contributed by atoms with Gasteiger partial charge in [0.05, 0.1) is 16.3 Å². The lowest BCUT2D eigenvalue weighted by Crippen LogP contribution is -2.14. The number of carbonyl (C=O) groups excluding carboxylic acids is 1. The molecule has 6 nitrogen and oxygen atoms in total. The van der Waals surface area contributed by atoms with Crippen LogP contribution in [-0.2, 0) is 19.4 Å². The van der Waals surface area contributed by atoms with Crippen molar-refractivity contribution in [3.8, 4) is 5.75 Å². The Bertz CT molecular complexity index is 523. The molecule has 0 saturated carbocycles. The number of ether oxygens (including phenoxy) is 1. The maximum Gasteiger partial charge on any atom is 0.302 e. The molecule has 0 aliphatic carbocycles. The molecule has 0 amide bonds. The number of rotatable bonds is 4. The van der Waals surface area contributed by atoms with Crippen LogP contribution in [0.2, 0.25) is 0 Å². The first-order chi connectivity index (χ1) is 7.83. The second-order valence-corrected chi connectivity index (χ2v) is 5.49. The van der Waals surface area contributed by atoms with Gasteiger partial charge in [-0.1, -0.05) is 0 Å². The normalized spacial score (nSPS) is 11.1. The number of carbonyl (C=O) groups is 1. The van der Waals surface area contributed by atoms with Crippen molar-refractivity contribution < 1.29 is 23.1 Å². The summed E-state index contributed by atoms with van der Waals surface area (Å²) in [4.78, 5) is 10.5. The van der Waals surface area contributed by atoms with Gasteiger partial charge < -0.3 is 15.6 Å². The topological polar surface area (TPSA) is 107 Å². The minimum Gasteiger partial charge on any atom is -0.506 e. The summed E-state index contributed by atoms with van der Waals surface area (Å²) in [5.74, 6) is -1.04. The largest absolute Gasteiger partial charge is 0.506 e. The third kappa shape index (κ3) is 3.63. The number of hydrogen-bond acceptors (Lipinski definition) is 6. The van der Waals surface area contributed by atoms with Crippen molar-refractivity contribution >= 4 is 21.5 Å². The molecule has 0 heterocycles. The molecule has 1 aromatic carbocycles. The molecule has 1 rings (SSSR count). The molecule has 0 radical (unpaired) electrons. The van der Waals surface area contributed by atoms with E-state index in [9.17, 15) is 13.2 Å². The van der Waals surface area contributed by atoms with Crippen molar-refractivity contribution in [1.82, 2.24) is 0 Å². The van der Waals surface area contributed by atoms with Crippen molar-refractivity contribution in [3.05, 3.63) is 18.2 Å². The Morgan fingerprint density at radius 3 is 2.65 bits per heavy atom. The summed E-state index contributed by atoms with van der Waals surface area (Å²) in [5, 5.41) is 9.17. The monoisotopic (exact) mass is 259 g/mol. The van der Waals surface area contributed by atoms with Crippen LogP contribution in [0.3, 0.4) is 0 Å². The first-order valence-corrected chi connectivity index (χ1v) is 6.43. The van der Waals surface area contributed by atoms with E-state index >= 15 is 0 Å². The van der Waals surface area contributed by atoms with Crippen LogP contribution in [0.4, 0.5) is 5.69 Å². The van der Waals surface area contributed by atoms with Crippen LogP contribution in [0, 0.1) is 0 Å². The standard InChI is InChI=1S/C10H13NO5S/c1-7(12)16-4-5-17(14,15)8-2-3-10(13)9(11)6-8/h2-3,6,13H,4-5,11H2,1H3. The molecule has 0 unspecified atom stereocenters. The summed E-state index contributed by atoms with van der Waals surface area (Å²) in [7, 11) is -3.56. The minimum atomic E-state index is -3.56. The van der Waals surface area contributed by atoms with Crippen LogP contribution < -0.4 is 5.73 Å². The smallest absolute Gasteiger partial charge is 0.302 e. The molecule has 0 saturated heterocycles. The molecule has 0 spiro atoms. The van der Waals surface area contributed by atoms with Crippen LogP contribution in [0.5, 0.6) is 5.75 Å². The van der Waals surface area contributed by atoms with Crippen LogP contribution in [-0.4, -0.2) is 31.9 Å². The molecule has 3 N–H and O–H groups in total.